The number of nitrogens with zero attached hydrogens (tertiary/aromatic N) is 4. The number of hydrogen-bond acceptors (Lipinski definition) is 6. The fourth-order valence-corrected chi connectivity index (χ4v) is 5.15. The van der Waals surface area contributed by atoms with Gasteiger partial charge in [-0.1, -0.05) is 53.2 Å². The molecule has 0 saturated carbocycles. The zero-order chi connectivity index (χ0) is 24.0. The average Bonchev–Trinajstić information content (AvgIpc) is 3.56. The molecule has 8 heteroatoms. The second-order valence-electron chi connectivity index (χ2n) is 9.61. The van der Waals surface area contributed by atoms with Crippen LogP contribution in [0.15, 0.2) is 53.1 Å². The number of amides is 1. The van der Waals surface area contributed by atoms with E-state index >= 15 is 0 Å². The van der Waals surface area contributed by atoms with Crippen LogP contribution in [0.2, 0.25) is 5.02 Å². The van der Waals surface area contributed by atoms with Crippen LogP contribution in [0, 0.1) is 5.92 Å². The largest absolute Gasteiger partial charge is 0.352 e. The minimum atomic E-state index is -0.0338. The van der Waals surface area contributed by atoms with E-state index in [2.05, 4.69) is 49.5 Å². The van der Waals surface area contributed by atoms with E-state index in [-0.39, 0.29) is 11.8 Å². The van der Waals surface area contributed by atoms with Crippen LogP contribution in [0.4, 0.5) is 0 Å². The van der Waals surface area contributed by atoms with E-state index in [0.717, 1.165) is 37.1 Å². The van der Waals surface area contributed by atoms with Crippen LogP contribution in [0.5, 0.6) is 0 Å². The number of halogens is 1. The standard InChI is InChI=1S/C27H32ClN5O2/c28-24-7-3-5-22(15-24)26-30-25(35-31-26)19-33-14-4-6-23(18-33)27(34)29-16-20-8-10-21(11-9-20)17-32-12-1-2-13-32/h3,5,7-11,15,23H,1-2,4,6,12-14,16-19H2,(H,29,34). The molecule has 1 N–H and O–H groups in total. The highest BCUT2D eigenvalue weighted by molar-refractivity contribution is 6.30. The van der Waals surface area contributed by atoms with Crippen LogP contribution in [0.1, 0.15) is 42.7 Å². The molecular formula is C27H32ClN5O2. The molecule has 0 aliphatic carbocycles. The average molecular weight is 494 g/mol. The molecule has 35 heavy (non-hydrogen) atoms. The van der Waals surface area contributed by atoms with Crippen molar-refractivity contribution in [2.75, 3.05) is 26.2 Å². The third-order valence-corrected chi connectivity index (χ3v) is 7.12. The zero-order valence-corrected chi connectivity index (χ0v) is 20.7. The van der Waals surface area contributed by atoms with E-state index in [1.54, 1.807) is 0 Å². The Morgan fingerprint density at radius 3 is 2.57 bits per heavy atom. The third kappa shape index (κ3) is 6.48. The Hall–Kier alpha value is -2.74. The van der Waals surface area contributed by atoms with Crippen molar-refractivity contribution in [1.29, 1.82) is 0 Å². The monoisotopic (exact) mass is 493 g/mol. The number of nitrogens with one attached hydrogen (secondary N) is 1. The second-order valence-corrected chi connectivity index (χ2v) is 10.1. The molecule has 2 saturated heterocycles. The van der Waals surface area contributed by atoms with Gasteiger partial charge in [-0.2, -0.15) is 4.98 Å². The van der Waals surface area contributed by atoms with Gasteiger partial charge in [0.25, 0.3) is 0 Å². The number of hydrogen-bond donors (Lipinski definition) is 1. The van der Waals surface area contributed by atoms with Crippen molar-refractivity contribution < 1.29 is 9.32 Å². The highest BCUT2D eigenvalue weighted by atomic mass is 35.5. The van der Waals surface area contributed by atoms with E-state index < -0.39 is 0 Å². The lowest BCUT2D eigenvalue weighted by molar-refractivity contribution is -0.127. The Morgan fingerprint density at radius 2 is 1.77 bits per heavy atom. The fourth-order valence-electron chi connectivity index (χ4n) is 4.96. The molecule has 0 radical (unpaired) electrons. The van der Waals surface area contributed by atoms with Gasteiger partial charge in [-0.25, -0.2) is 0 Å². The van der Waals surface area contributed by atoms with Gasteiger partial charge in [0.2, 0.25) is 17.6 Å². The molecule has 7 nitrogen and oxygen atoms in total. The molecule has 1 unspecified atom stereocenters. The molecule has 2 aliphatic heterocycles. The van der Waals surface area contributed by atoms with Crippen LogP contribution < -0.4 is 5.32 Å². The predicted octanol–water partition coefficient (Wildman–Crippen LogP) is 4.51. The van der Waals surface area contributed by atoms with Crippen LogP contribution in [-0.2, 0) is 24.4 Å². The molecule has 2 fully saturated rings. The van der Waals surface area contributed by atoms with E-state index in [4.69, 9.17) is 16.1 Å². The summed E-state index contributed by atoms with van der Waals surface area (Å²) in [6, 6.07) is 16.0. The first-order valence-corrected chi connectivity index (χ1v) is 12.9. The molecule has 0 bridgehead atoms. The normalized spacial score (nSPS) is 19.2. The number of rotatable bonds is 8. The van der Waals surface area contributed by atoms with Gasteiger partial charge in [0.15, 0.2) is 0 Å². The summed E-state index contributed by atoms with van der Waals surface area (Å²) >= 11 is 6.07. The molecule has 1 atom stereocenters. The minimum absolute atomic E-state index is 0.0338. The van der Waals surface area contributed by atoms with Crippen LogP contribution in [0.3, 0.4) is 0 Å². The number of likely N-dealkylation sites (tertiary alicyclic amines) is 2. The number of piperidine rings is 1. The van der Waals surface area contributed by atoms with Crippen LogP contribution in [0.25, 0.3) is 11.4 Å². The molecule has 2 aromatic carbocycles. The number of carbonyl (C=O) groups excluding carboxylic acids is 1. The number of carbonyl (C=O) groups is 1. The lowest BCUT2D eigenvalue weighted by atomic mass is 9.97. The van der Waals surface area contributed by atoms with Gasteiger partial charge in [-0.3, -0.25) is 14.6 Å². The van der Waals surface area contributed by atoms with Gasteiger partial charge in [0.05, 0.1) is 12.5 Å². The highest BCUT2D eigenvalue weighted by Crippen LogP contribution is 2.22. The summed E-state index contributed by atoms with van der Waals surface area (Å²) in [7, 11) is 0. The summed E-state index contributed by atoms with van der Waals surface area (Å²) in [5.41, 5.74) is 3.30. The molecule has 3 aromatic rings. The van der Waals surface area contributed by atoms with Gasteiger partial charge in [0.1, 0.15) is 0 Å². The molecular weight excluding hydrogens is 462 g/mol. The van der Waals surface area contributed by atoms with Crippen molar-refractivity contribution in [1.82, 2.24) is 25.3 Å². The quantitative estimate of drug-likeness (QED) is 0.497. The molecule has 1 amide bonds. The first-order chi connectivity index (χ1) is 17.1. The zero-order valence-electron chi connectivity index (χ0n) is 20.0. The van der Waals surface area contributed by atoms with E-state index in [1.807, 2.05) is 24.3 Å². The Morgan fingerprint density at radius 1 is 1.00 bits per heavy atom. The third-order valence-electron chi connectivity index (χ3n) is 6.88. The molecule has 1 aromatic heterocycles. The SMILES string of the molecule is O=C(NCc1ccc(CN2CCCC2)cc1)C1CCCN(Cc2nc(-c3cccc(Cl)c3)no2)C1. The van der Waals surface area contributed by atoms with Crippen molar-refractivity contribution >= 4 is 17.5 Å². The van der Waals surface area contributed by atoms with Gasteiger partial charge in [0, 0.05) is 30.2 Å². The van der Waals surface area contributed by atoms with Crippen LogP contribution in [-0.4, -0.2) is 52.0 Å². The Kier molecular flexibility index (Phi) is 7.76. The lowest BCUT2D eigenvalue weighted by Gasteiger charge is -2.30. The lowest BCUT2D eigenvalue weighted by Crippen LogP contribution is -2.42. The van der Waals surface area contributed by atoms with E-state index in [9.17, 15) is 4.79 Å². The van der Waals surface area contributed by atoms with Crippen molar-refractivity contribution in [3.8, 4) is 11.4 Å². The second kappa shape index (κ2) is 11.3. The van der Waals surface area contributed by atoms with Gasteiger partial charge in [-0.15, -0.1) is 0 Å². The Labute approximate surface area is 211 Å². The maximum Gasteiger partial charge on any atom is 0.241 e. The smallest absolute Gasteiger partial charge is 0.241 e. The van der Waals surface area contributed by atoms with Gasteiger partial charge >= 0.3 is 0 Å². The van der Waals surface area contributed by atoms with Crippen molar-refractivity contribution in [3.63, 3.8) is 0 Å². The van der Waals surface area contributed by atoms with Crippen LogP contribution >= 0.6 is 11.6 Å². The fraction of sp³-hybridized carbons (Fsp3) is 0.444. The van der Waals surface area contributed by atoms with Gasteiger partial charge < -0.3 is 9.84 Å². The van der Waals surface area contributed by atoms with Gasteiger partial charge in [-0.05, 0) is 68.6 Å². The minimum Gasteiger partial charge on any atom is -0.352 e. The molecule has 3 heterocycles. The number of aromatic nitrogens is 2. The molecule has 184 valence electrons. The summed E-state index contributed by atoms with van der Waals surface area (Å²) < 4.78 is 5.46. The summed E-state index contributed by atoms with van der Waals surface area (Å²) in [5.74, 6) is 1.16. The van der Waals surface area contributed by atoms with Crippen molar-refractivity contribution in [3.05, 3.63) is 70.6 Å². The molecule has 5 rings (SSSR count). The van der Waals surface area contributed by atoms with E-state index in [0.29, 0.717) is 36.4 Å². The summed E-state index contributed by atoms with van der Waals surface area (Å²) in [5, 5.41) is 7.86. The predicted molar refractivity (Wildman–Crippen MR) is 136 cm³/mol. The summed E-state index contributed by atoms with van der Waals surface area (Å²) in [4.78, 5) is 22.1. The summed E-state index contributed by atoms with van der Waals surface area (Å²) in [6.45, 7) is 6.12. The molecule has 0 spiro atoms. The highest BCUT2D eigenvalue weighted by Gasteiger charge is 2.27. The Bertz CT molecular complexity index is 1130. The first kappa shape index (κ1) is 24.0. The van der Waals surface area contributed by atoms with Crippen molar-refractivity contribution in [2.45, 2.75) is 45.3 Å². The molecule has 2 aliphatic rings. The Balaban J connectivity index is 1.10. The first-order valence-electron chi connectivity index (χ1n) is 12.5. The maximum absolute atomic E-state index is 12.9. The number of benzene rings is 2. The summed E-state index contributed by atoms with van der Waals surface area (Å²) in [6.07, 6.45) is 4.48. The maximum atomic E-state index is 12.9. The van der Waals surface area contributed by atoms with Crippen molar-refractivity contribution in [2.24, 2.45) is 5.92 Å². The van der Waals surface area contributed by atoms with E-state index in [1.165, 1.54) is 31.5 Å². The topological polar surface area (TPSA) is 74.5 Å².